The van der Waals surface area contributed by atoms with Gasteiger partial charge in [0.25, 0.3) is 11.8 Å². The first-order chi connectivity index (χ1) is 14.6. The lowest BCUT2D eigenvalue weighted by atomic mass is 10.0. The molecule has 2 aromatic carbocycles. The smallest absolute Gasteiger partial charge is 0.277 e. The normalized spacial score (nSPS) is 19.0. The highest BCUT2D eigenvalue weighted by molar-refractivity contribution is 6.35. The molecule has 0 aromatic heterocycles. The molecule has 0 saturated carbocycles. The van der Waals surface area contributed by atoms with Gasteiger partial charge in [0.2, 0.25) is 0 Å². The lowest BCUT2D eigenvalue weighted by Gasteiger charge is -2.22. The molecule has 2 heterocycles. The number of nitrogens with zero attached hydrogens (tertiary/aromatic N) is 2. The Hall–Kier alpha value is -3.12. The maximum atomic E-state index is 13.4. The Morgan fingerprint density at radius 3 is 2.43 bits per heavy atom. The van der Waals surface area contributed by atoms with E-state index in [1.807, 2.05) is 54.4 Å². The minimum atomic E-state index is -0.268. The molecule has 2 aliphatic rings. The van der Waals surface area contributed by atoms with Crippen LogP contribution >= 0.6 is 0 Å². The lowest BCUT2D eigenvalue weighted by molar-refractivity contribution is -0.139. The highest BCUT2D eigenvalue weighted by Crippen LogP contribution is 2.33. The first-order valence-corrected chi connectivity index (χ1v) is 10.2. The molecule has 0 bridgehead atoms. The number of methoxy groups -OCH3 is 1. The van der Waals surface area contributed by atoms with Crippen LogP contribution in [0.4, 0.5) is 0 Å². The van der Waals surface area contributed by atoms with Crippen molar-refractivity contribution >= 4 is 17.4 Å². The Labute approximate surface area is 176 Å². The number of carbonyl (C=O) groups is 2. The molecule has 2 aliphatic heterocycles. The SMILES string of the molecule is COc1ccc(C2=C(N(C)Cc3ccccc3)C(=O)N(CC3CCCO3)C2=O)cc1. The fourth-order valence-electron chi connectivity index (χ4n) is 4.03. The number of hydrogen-bond acceptors (Lipinski definition) is 5. The third kappa shape index (κ3) is 3.96. The first-order valence-electron chi connectivity index (χ1n) is 10.2. The highest BCUT2D eigenvalue weighted by Gasteiger charge is 2.42. The standard InChI is InChI=1S/C24H26N2O4/c1-25(15-17-7-4-3-5-8-17)22-21(18-10-12-19(29-2)13-11-18)23(27)26(24(22)28)16-20-9-6-14-30-20/h3-5,7-8,10-13,20H,6,9,14-16H2,1-2H3. The Morgan fingerprint density at radius 2 is 1.80 bits per heavy atom. The van der Waals surface area contributed by atoms with Crippen molar-refractivity contribution in [2.24, 2.45) is 0 Å². The van der Waals surface area contributed by atoms with E-state index < -0.39 is 0 Å². The van der Waals surface area contributed by atoms with Gasteiger partial charge in [0.05, 0.1) is 25.3 Å². The molecule has 0 spiro atoms. The van der Waals surface area contributed by atoms with Gasteiger partial charge in [-0.1, -0.05) is 42.5 Å². The largest absolute Gasteiger partial charge is 0.497 e. The van der Waals surface area contributed by atoms with Gasteiger partial charge in [-0.25, -0.2) is 0 Å². The van der Waals surface area contributed by atoms with Crippen molar-refractivity contribution in [3.63, 3.8) is 0 Å². The van der Waals surface area contributed by atoms with Crippen LogP contribution in [0.25, 0.3) is 5.57 Å². The van der Waals surface area contributed by atoms with Crippen molar-refractivity contribution in [3.05, 3.63) is 71.4 Å². The van der Waals surface area contributed by atoms with Crippen molar-refractivity contribution in [2.45, 2.75) is 25.5 Å². The van der Waals surface area contributed by atoms with Gasteiger partial charge in [-0.3, -0.25) is 14.5 Å². The molecule has 0 aliphatic carbocycles. The zero-order valence-electron chi connectivity index (χ0n) is 17.3. The second-order valence-corrected chi connectivity index (χ2v) is 7.65. The summed E-state index contributed by atoms with van der Waals surface area (Å²) >= 11 is 0. The Bertz CT molecular complexity index is 947. The van der Waals surface area contributed by atoms with E-state index in [-0.39, 0.29) is 17.9 Å². The molecule has 2 amide bonds. The van der Waals surface area contributed by atoms with Crippen LogP contribution in [0.5, 0.6) is 5.75 Å². The van der Waals surface area contributed by atoms with Crippen molar-refractivity contribution < 1.29 is 19.1 Å². The number of benzene rings is 2. The molecule has 0 N–H and O–H groups in total. The molecule has 6 nitrogen and oxygen atoms in total. The number of likely N-dealkylation sites (N-methyl/N-ethyl adjacent to an activating group) is 1. The molecule has 1 fully saturated rings. The Morgan fingerprint density at radius 1 is 1.07 bits per heavy atom. The maximum Gasteiger partial charge on any atom is 0.277 e. The van der Waals surface area contributed by atoms with E-state index in [2.05, 4.69) is 0 Å². The summed E-state index contributed by atoms with van der Waals surface area (Å²) in [5.74, 6) is 0.168. The van der Waals surface area contributed by atoms with Gasteiger partial charge in [-0.15, -0.1) is 0 Å². The molecular formula is C24H26N2O4. The summed E-state index contributed by atoms with van der Waals surface area (Å²) in [6.45, 7) is 1.50. The van der Waals surface area contributed by atoms with Crippen LogP contribution in [0.2, 0.25) is 0 Å². The average molecular weight is 406 g/mol. The van der Waals surface area contributed by atoms with E-state index in [1.165, 1.54) is 4.90 Å². The van der Waals surface area contributed by atoms with Crippen LogP contribution in [0.15, 0.2) is 60.3 Å². The topological polar surface area (TPSA) is 59.1 Å². The van der Waals surface area contributed by atoms with Gasteiger partial charge in [0, 0.05) is 20.2 Å². The monoisotopic (exact) mass is 406 g/mol. The number of amides is 2. The van der Waals surface area contributed by atoms with E-state index in [4.69, 9.17) is 9.47 Å². The molecule has 0 radical (unpaired) electrons. The van der Waals surface area contributed by atoms with E-state index in [9.17, 15) is 9.59 Å². The van der Waals surface area contributed by atoms with Crippen LogP contribution in [0.3, 0.4) is 0 Å². The van der Waals surface area contributed by atoms with E-state index in [0.29, 0.717) is 42.3 Å². The molecule has 1 saturated heterocycles. The highest BCUT2D eigenvalue weighted by atomic mass is 16.5. The maximum absolute atomic E-state index is 13.4. The zero-order chi connectivity index (χ0) is 21.1. The number of imide groups is 1. The molecule has 4 rings (SSSR count). The third-order valence-corrected chi connectivity index (χ3v) is 5.58. The predicted molar refractivity (Wildman–Crippen MR) is 114 cm³/mol. The van der Waals surface area contributed by atoms with E-state index in [1.54, 1.807) is 19.2 Å². The van der Waals surface area contributed by atoms with Crippen LogP contribution in [0, 0.1) is 0 Å². The van der Waals surface area contributed by atoms with Crippen molar-refractivity contribution in [3.8, 4) is 5.75 Å². The van der Waals surface area contributed by atoms with Gasteiger partial charge in [0.15, 0.2) is 0 Å². The fourth-order valence-corrected chi connectivity index (χ4v) is 4.03. The summed E-state index contributed by atoms with van der Waals surface area (Å²) in [4.78, 5) is 29.9. The fraction of sp³-hybridized carbons (Fsp3) is 0.333. The van der Waals surface area contributed by atoms with Gasteiger partial charge < -0.3 is 14.4 Å². The van der Waals surface area contributed by atoms with Gasteiger partial charge in [0.1, 0.15) is 11.4 Å². The van der Waals surface area contributed by atoms with Crippen molar-refractivity contribution in [2.75, 3.05) is 27.3 Å². The zero-order valence-corrected chi connectivity index (χ0v) is 17.3. The molecular weight excluding hydrogens is 380 g/mol. The third-order valence-electron chi connectivity index (χ3n) is 5.58. The van der Waals surface area contributed by atoms with Crippen molar-refractivity contribution in [1.82, 2.24) is 9.80 Å². The van der Waals surface area contributed by atoms with Crippen LogP contribution < -0.4 is 4.74 Å². The summed E-state index contributed by atoms with van der Waals surface area (Å²) in [6, 6.07) is 17.2. The van der Waals surface area contributed by atoms with Crippen molar-refractivity contribution in [1.29, 1.82) is 0 Å². The number of ether oxygens (including phenoxy) is 2. The lowest BCUT2D eigenvalue weighted by Crippen LogP contribution is -2.39. The molecule has 2 aromatic rings. The second kappa shape index (κ2) is 8.71. The predicted octanol–water partition coefficient (Wildman–Crippen LogP) is 3.09. The number of hydrogen-bond donors (Lipinski definition) is 0. The summed E-state index contributed by atoms with van der Waals surface area (Å²) in [7, 11) is 3.45. The minimum Gasteiger partial charge on any atom is -0.497 e. The number of rotatable bonds is 7. The van der Waals surface area contributed by atoms with Crippen LogP contribution in [-0.4, -0.2) is 55.0 Å². The van der Waals surface area contributed by atoms with Gasteiger partial charge in [-0.05, 0) is 36.1 Å². The molecule has 156 valence electrons. The molecule has 30 heavy (non-hydrogen) atoms. The van der Waals surface area contributed by atoms with E-state index >= 15 is 0 Å². The first kappa shape index (κ1) is 20.2. The average Bonchev–Trinajstić information content (AvgIpc) is 3.37. The summed E-state index contributed by atoms with van der Waals surface area (Å²) in [5.41, 5.74) is 2.63. The molecule has 1 unspecified atom stereocenters. The molecule has 1 atom stereocenters. The quantitative estimate of drug-likeness (QED) is 0.662. The van der Waals surface area contributed by atoms with E-state index in [0.717, 1.165) is 18.4 Å². The second-order valence-electron chi connectivity index (χ2n) is 7.65. The van der Waals surface area contributed by atoms with Gasteiger partial charge in [-0.2, -0.15) is 0 Å². The Kier molecular flexibility index (Phi) is 5.86. The number of carbonyl (C=O) groups excluding carboxylic acids is 2. The van der Waals surface area contributed by atoms with Crippen LogP contribution in [-0.2, 0) is 20.9 Å². The Balaban J connectivity index is 1.69. The van der Waals surface area contributed by atoms with Gasteiger partial charge >= 0.3 is 0 Å². The minimum absolute atomic E-state index is 0.0891. The molecule has 6 heteroatoms. The summed E-state index contributed by atoms with van der Waals surface area (Å²) < 4.78 is 10.9. The van der Waals surface area contributed by atoms with Crippen LogP contribution in [0.1, 0.15) is 24.0 Å². The summed E-state index contributed by atoms with van der Waals surface area (Å²) in [5, 5.41) is 0. The summed E-state index contributed by atoms with van der Waals surface area (Å²) in [6.07, 6.45) is 1.73.